The number of halogens is 2. The number of fused-ring (bicyclic) bond motifs is 1. The first-order valence-corrected chi connectivity index (χ1v) is 12.5. The van der Waals surface area contributed by atoms with Gasteiger partial charge in [-0.15, -0.1) is 0 Å². The van der Waals surface area contributed by atoms with Crippen molar-refractivity contribution in [2.75, 3.05) is 0 Å². The van der Waals surface area contributed by atoms with Crippen molar-refractivity contribution in [3.8, 4) is 11.3 Å². The van der Waals surface area contributed by atoms with Gasteiger partial charge in [0.2, 0.25) is 0 Å². The summed E-state index contributed by atoms with van der Waals surface area (Å²) < 4.78 is 37.0. The van der Waals surface area contributed by atoms with Gasteiger partial charge in [0.25, 0.3) is 0 Å². The summed E-state index contributed by atoms with van der Waals surface area (Å²) in [5, 5.41) is 4.61. The second-order valence-electron chi connectivity index (χ2n) is 5.98. The molecule has 4 rings (SSSR count). The van der Waals surface area contributed by atoms with Crippen LogP contribution in [0.4, 0.5) is 0 Å². The van der Waals surface area contributed by atoms with Crippen molar-refractivity contribution in [2.24, 2.45) is 0 Å². The molecule has 2 aromatic heterocycles. The average Bonchev–Trinajstić information content (AvgIpc) is 3.13. The molecule has 2 aromatic carbocycles. The molecule has 0 saturated heterocycles. The van der Waals surface area contributed by atoms with E-state index in [2.05, 4.69) is 41.1 Å². The Balaban J connectivity index is 1.93. The van der Waals surface area contributed by atoms with E-state index in [9.17, 15) is 13.2 Å². The van der Waals surface area contributed by atoms with Gasteiger partial charge in [-0.25, -0.2) is 0 Å². The Morgan fingerprint density at radius 2 is 1.79 bits per heavy atom. The van der Waals surface area contributed by atoms with Gasteiger partial charge in [-0.2, -0.15) is 0 Å². The summed E-state index contributed by atoms with van der Waals surface area (Å²) in [4.78, 5) is 12.7. The Hall–Kier alpha value is -1.58. The van der Waals surface area contributed by atoms with Crippen molar-refractivity contribution in [1.29, 1.82) is 0 Å². The molecule has 0 unspecified atom stereocenters. The van der Waals surface area contributed by atoms with E-state index in [1.54, 1.807) is 42.5 Å². The van der Waals surface area contributed by atoms with Crippen LogP contribution in [0.2, 0.25) is 0 Å². The molecule has 4 aromatic rings. The molecular formula is C18H10Br2N2O4SSe. The standard InChI is InChI=1S/C18H10Br2N2O4SSe/c1-9-2-4-12(5-3-9)27(24,25)18-15(21-22-28-18)13-7-10-6-11(19)8-14(20)16(10)26-17(13)23/h2-8H,1H3. The predicted molar refractivity (Wildman–Crippen MR) is 112 cm³/mol. The summed E-state index contributed by atoms with van der Waals surface area (Å²) in [5.74, 6) is 0. The number of hydrogen-bond donors (Lipinski definition) is 0. The fourth-order valence-electron chi connectivity index (χ4n) is 2.67. The topological polar surface area (TPSA) is 90.1 Å². The van der Waals surface area contributed by atoms with Crippen LogP contribution in [0.3, 0.4) is 0 Å². The van der Waals surface area contributed by atoms with Gasteiger partial charge in [0.05, 0.1) is 0 Å². The quantitative estimate of drug-likeness (QED) is 0.266. The predicted octanol–water partition coefficient (Wildman–Crippen LogP) is 3.97. The van der Waals surface area contributed by atoms with Crippen LogP contribution in [0.5, 0.6) is 0 Å². The van der Waals surface area contributed by atoms with Crippen LogP contribution in [-0.2, 0) is 9.84 Å². The minimum atomic E-state index is -3.82. The molecule has 0 atom stereocenters. The number of aromatic nitrogens is 2. The zero-order valence-electron chi connectivity index (χ0n) is 14.1. The Morgan fingerprint density at radius 1 is 1.07 bits per heavy atom. The number of benzene rings is 2. The first kappa shape index (κ1) is 19.7. The second-order valence-corrected chi connectivity index (χ2v) is 11.8. The van der Waals surface area contributed by atoms with E-state index in [0.717, 1.165) is 10.0 Å². The molecule has 142 valence electrons. The van der Waals surface area contributed by atoms with E-state index in [-0.39, 0.29) is 19.9 Å². The monoisotopic (exact) mass is 588 g/mol. The van der Waals surface area contributed by atoms with Gasteiger partial charge < -0.3 is 0 Å². The molecule has 10 heteroatoms. The van der Waals surface area contributed by atoms with Crippen molar-refractivity contribution in [1.82, 2.24) is 9.19 Å². The fraction of sp³-hybridized carbons (Fsp3) is 0.0556. The van der Waals surface area contributed by atoms with Crippen LogP contribution in [0, 0.1) is 6.92 Å². The summed E-state index contributed by atoms with van der Waals surface area (Å²) in [7, 11) is -3.82. The molecule has 0 spiro atoms. The molecule has 2 heterocycles. The number of aryl methyl sites for hydroxylation is 1. The Bertz CT molecular complexity index is 1380. The molecular weight excluding hydrogens is 579 g/mol. The maximum atomic E-state index is 13.1. The van der Waals surface area contributed by atoms with Gasteiger partial charge in [-0.05, 0) is 0 Å². The van der Waals surface area contributed by atoms with Crippen molar-refractivity contribution in [3.63, 3.8) is 0 Å². The summed E-state index contributed by atoms with van der Waals surface area (Å²) in [6.07, 6.45) is 0. The van der Waals surface area contributed by atoms with E-state index < -0.39 is 30.2 Å². The molecule has 0 aliphatic heterocycles. The van der Waals surface area contributed by atoms with E-state index in [1.165, 1.54) is 0 Å². The van der Waals surface area contributed by atoms with Gasteiger partial charge in [0, 0.05) is 0 Å². The number of rotatable bonds is 3. The number of sulfone groups is 1. The zero-order valence-corrected chi connectivity index (χ0v) is 19.8. The maximum absolute atomic E-state index is 13.1. The minimum absolute atomic E-state index is 0.0459. The van der Waals surface area contributed by atoms with Crippen molar-refractivity contribution in [3.05, 3.63) is 67.4 Å². The van der Waals surface area contributed by atoms with Crippen LogP contribution in [0.15, 0.2) is 69.3 Å². The second kappa shape index (κ2) is 7.35. The molecule has 0 fully saturated rings. The average molecular weight is 589 g/mol. The van der Waals surface area contributed by atoms with Gasteiger partial charge in [-0.1, -0.05) is 0 Å². The molecule has 0 aliphatic carbocycles. The Kier molecular flexibility index (Phi) is 5.18. The third-order valence-corrected chi connectivity index (χ3v) is 9.53. The van der Waals surface area contributed by atoms with Crippen LogP contribution in [-0.4, -0.2) is 32.3 Å². The zero-order chi connectivity index (χ0) is 20.1. The summed E-state index contributed by atoms with van der Waals surface area (Å²) >= 11 is 6.00. The van der Waals surface area contributed by atoms with Crippen LogP contribution < -0.4 is 5.63 Å². The first-order valence-electron chi connectivity index (χ1n) is 7.85. The van der Waals surface area contributed by atoms with E-state index >= 15 is 0 Å². The normalized spacial score (nSPS) is 11.8. The Morgan fingerprint density at radius 3 is 2.50 bits per heavy atom. The van der Waals surface area contributed by atoms with E-state index in [1.807, 2.05) is 6.92 Å². The SMILES string of the molecule is Cc1ccc(S(=O)(=O)c2[se]nnc2-c2cc3cc(Br)cc(Br)c3oc2=O)cc1. The van der Waals surface area contributed by atoms with Crippen LogP contribution in [0.1, 0.15) is 5.56 Å². The van der Waals surface area contributed by atoms with Crippen molar-refractivity contribution in [2.45, 2.75) is 15.6 Å². The summed E-state index contributed by atoms with van der Waals surface area (Å²) in [6.45, 7) is 1.88. The van der Waals surface area contributed by atoms with Crippen LogP contribution in [0.25, 0.3) is 22.2 Å². The fourth-order valence-corrected chi connectivity index (χ4v) is 7.53. The molecule has 0 saturated carbocycles. The van der Waals surface area contributed by atoms with E-state index in [4.69, 9.17) is 4.42 Å². The van der Waals surface area contributed by atoms with E-state index in [0.29, 0.717) is 15.4 Å². The van der Waals surface area contributed by atoms with Gasteiger partial charge in [0.1, 0.15) is 0 Å². The number of hydrogen-bond acceptors (Lipinski definition) is 6. The summed E-state index contributed by atoms with van der Waals surface area (Å²) in [5.41, 5.74) is 0.782. The third-order valence-electron chi connectivity index (χ3n) is 4.04. The van der Waals surface area contributed by atoms with Gasteiger partial charge in [-0.3, -0.25) is 0 Å². The van der Waals surface area contributed by atoms with Crippen molar-refractivity contribution >= 4 is 67.4 Å². The van der Waals surface area contributed by atoms with Crippen molar-refractivity contribution < 1.29 is 12.8 Å². The molecule has 0 N–H and O–H groups in total. The molecule has 28 heavy (non-hydrogen) atoms. The van der Waals surface area contributed by atoms with Gasteiger partial charge >= 0.3 is 184 Å². The molecule has 0 amide bonds. The van der Waals surface area contributed by atoms with Crippen LogP contribution >= 0.6 is 31.9 Å². The Labute approximate surface area is 182 Å². The molecule has 0 aliphatic rings. The van der Waals surface area contributed by atoms with Gasteiger partial charge in [0.15, 0.2) is 0 Å². The molecule has 0 radical (unpaired) electrons. The molecule has 0 bridgehead atoms. The first-order chi connectivity index (χ1) is 13.3. The molecule has 6 nitrogen and oxygen atoms in total. The number of nitrogens with zero attached hydrogens (tertiary/aromatic N) is 2. The third kappa shape index (κ3) is 3.44. The summed E-state index contributed by atoms with van der Waals surface area (Å²) in [6, 6.07) is 11.7.